The van der Waals surface area contributed by atoms with Crippen molar-refractivity contribution in [3.8, 4) is 17.6 Å². The summed E-state index contributed by atoms with van der Waals surface area (Å²) < 4.78 is 10.8. The number of nitriles is 1. The Morgan fingerprint density at radius 1 is 1.14 bits per heavy atom. The number of nitrogens with one attached hydrogen (secondary N) is 1. The Balaban J connectivity index is 1.65. The van der Waals surface area contributed by atoms with Crippen molar-refractivity contribution in [2.75, 3.05) is 0 Å². The van der Waals surface area contributed by atoms with Crippen LogP contribution in [0.1, 0.15) is 21.7 Å². The highest BCUT2D eigenvalue weighted by molar-refractivity contribution is 5.94. The van der Waals surface area contributed by atoms with Gasteiger partial charge in [-0.25, -0.2) is 0 Å². The number of amides is 1. The zero-order valence-corrected chi connectivity index (χ0v) is 11.6. The summed E-state index contributed by atoms with van der Waals surface area (Å²) >= 11 is 0. The lowest BCUT2D eigenvalue weighted by Crippen LogP contribution is -2.22. The Morgan fingerprint density at radius 2 is 2.05 bits per heavy atom. The van der Waals surface area contributed by atoms with Gasteiger partial charge in [0, 0.05) is 5.56 Å². The molecule has 1 aromatic carbocycles. The summed E-state index contributed by atoms with van der Waals surface area (Å²) in [4.78, 5) is 12.0. The van der Waals surface area contributed by atoms with Gasteiger partial charge in [0.1, 0.15) is 5.76 Å². The minimum atomic E-state index is -0.256. The normalized spacial score (nSPS) is 10.1. The van der Waals surface area contributed by atoms with Gasteiger partial charge in [0.2, 0.25) is 0 Å². The molecule has 0 radical (unpaired) electrons. The van der Waals surface area contributed by atoms with E-state index in [0.717, 1.165) is 0 Å². The van der Waals surface area contributed by atoms with Gasteiger partial charge in [0.05, 0.1) is 24.4 Å². The second-order valence-electron chi connectivity index (χ2n) is 4.62. The second-order valence-corrected chi connectivity index (χ2v) is 4.62. The SMILES string of the molecule is N#Cc1cccc(C(=O)NCc2ccc(-c3ccco3)o2)c1. The first-order chi connectivity index (χ1) is 10.8. The summed E-state index contributed by atoms with van der Waals surface area (Å²) in [6, 6.07) is 15.7. The number of carbonyl (C=O) groups is 1. The third kappa shape index (κ3) is 2.91. The van der Waals surface area contributed by atoms with Crippen LogP contribution in [0.4, 0.5) is 0 Å². The third-order valence-electron chi connectivity index (χ3n) is 3.10. The van der Waals surface area contributed by atoms with Gasteiger partial charge in [0.15, 0.2) is 11.5 Å². The van der Waals surface area contributed by atoms with Crippen LogP contribution in [0.3, 0.4) is 0 Å². The molecular formula is C17H12N2O3. The van der Waals surface area contributed by atoms with E-state index >= 15 is 0 Å². The molecule has 3 aromatic rings. The molecule has 22 heavy (non-hydrogen) atoms. The van der Waals surface area contributed by atoms with E-state index in [4.69, 9.17) is 14.1 Å². The summed E-state index contributed by atoms with van der Waals surface area (Å²) in [7, 11) is 0. The molecule has 0 fully saturated rings. The Bertz CT molecular complexity index is 826. The Morgan fingerprint density at radius 3 is 2.82 bits per heavy atom. The van der Waals surface area contributed by atoms with Crippen molar-refractivity contribution in [1.82, 2.24) is 5.32 Å². The monoisotopic (exact) mass is 292 g/mol. The van der Waals surface area contributed by atoms with Crippen molar-refractivity contribution >= 4 is 5.91 Å². The first-order valence-electron chi connectivity index (χ1n) is 6.67. The van der Waals surface area contributed by atoms with E-state index in [1.807, 2.05) is 6.07 Å². The number of carbonyl (C=O) groups excluding carboxylic acids is 1. The molecule has 0 aliphatic rings. The average molecular weight is 292 g/mol. The van der Waals surface area contributed by atoms with Crippen molar-refractivity contribution in [2.24, 2.45) is 0 Å². The predicted molar refractivity (Wildman–Crippen MR) is 78.7 cm³/mol. The molecule has 0 atom stereocenters. The predicted octanol–water partition coefficient (Wildman–Crippen LogP) is 3.34. The number of hydrogen-bond donors (Lipinski definition) is 1. The maximum absolute atomic E-state index is 12.0. The van der Waals surface area contributed by atoms with Crippen molar-refractivity contribution in [2.45, 2.75) is 6.54 Å². The van der Waals surface area contributed by atoms with Crippen molar-refractivity contribution in [1.29, 1.82) is 5.26 Å². The molecule has 0 unspecified atom stereocenters. The highest BCUT2D eigenvalue weighted by Crippen LogP contribution is 2.22. The lowest BCUT2D eigenvalue weighted by atomic mass is 10.1. The maximum Gasteiger partial charge on any atom is 0.251 e. The van der Waals surface area contributed by atoms with Crippen LogP contribution in [0, 0.1) is 11.3 Å². The third-order valence-corrected chi connectivity index (χ3v) is 3.10. The first kappa shape index (κ1) is 13.7. The van der Waals surface area contributed by atoms with Crippen LogP contribution < -0.4 is 5.32 Å². The maximum atomic E-state index is 12.0. The molecule has 0 saturated heterocycles. The van der Waals surface area contributed by atoms with E-state index in [0.29, 0.717) is 28.4 Å². The van der Waals surface area contributed by atoms with Gasteiger partial charge >= 0.3 is 0 Å². The van der Waals surface area contributed by atoms with Crippen molar-refractivity contribution in [3.63, 3.8) is 0 Å². The van der Waals surface area contributed by atoms with Crippen molar-refractivity contribution in [3.05, 3.63) is 71.7 Å². The van der Waals surface area contributed by atoms with Gasteiger partial charge in [-0.3, -0.25) is 4.79 Å². The van der Waals surface area contributed by atoms with E-state index in [2.05, 4.69) is 5.32 Å². The largest absolute Gasteiger partial charge is 0.461 e. The van der Waals surface area contributed by atoms with Crippen LogP contribution in [0.25, 0.3) is 11.5 Å². The van der Waals surface area contributed by atoms with Crippen molar-refractivity contribution < 1.29 is 13.6 Å². The summed E-state index contributed by atoms with van der Waals surface area (Å²) in [6.07, 6.45) is 1.57. The topological polar surface area (TPSA) is 79.2 Å². The Kier molecular flexibility index (Phi) is 3.75. The van der Waals surface area contributed by atoms with Gasteiger partial charge in [-0.15, -0.1) is 0 Å². The molecular weight excluding hydrogens is 280 g/mol. The molecule has 3 rings (SSSR count). The summed E-state index contributed by atoms with van der Waals surface area (Å²) in [6.45, 7) is 0.260. The summed E-state index contributed by atoms with van der Waals surface area (Å²) in [5, 5.41) is 11.6. The second kappa shape index (κ2) is 6.02. The number of rotatable bonds is 4. The van der Waals surface area contributed by atoms with Gasteiger partial charge < -0.3 is 14.2 Å². The fourth-order valence-corrected chi connectivity index (χ4v) is 2.02. The van der Waals surface area contributed by atoms with Gasteiger partial charge in [-0.2, -0.15) is 5.26 Å². The van der Waals surface area contributed by atoms with E-state index < -0.39 is 0 Å². The molecule has 2 aromatic heterocycles. The van der Waals surface area contributed by atoms with Crippen LogP contribution >= 0.6 is 0 Å². The van der Waals surface area contributed by atoms with E-state index in [1.165, 1.54) is 0 Å². The molecule has 0 saturated carbocycles. The molecule has 1 amide bonds. The van der Waals surface area contributed by atoms with E-state index in [1.54, 1.807) is 54.8 Å². The molecule has 0 bridgehead atoms. The van der Waals surface area contributed by atoms with Gasteiger partial charge in [0.25, 0.3) is 5.91 Å². The first-order valence-corrected chi connectivity index (χ1v) is 6.67. The van der Waals surface area contributed by atoms with Crippen LogP contribution in [0.2, 0.25) is 0 Å². The number of hydrogen-bond acceptors (Lipinski definition) is 4. The standard InChI is InChI=1S/C17H12N2O3/c18-10-12-3-1-4-13(9-12)17(20)19-11-14-6-7-16(22-14)15-5-2-8-21-15/h1-9H,11H2,(H,19,20). The molecule has 1 N–H and O–H groups in total. The minimum absolute atomic E-state index is 0.256. The van der Waals surface area contributed by atoms with Gasteiger partial charge in [-0.1, -0.05) is 6.07 Å². The number of furan rings is 2. The van der Waals surface area contributed by atoms with Gasteiger partial charge in [-0.05, 0) is 42.5 Å². The molecule has 108 valence electrons. The quantitative estimate of drug-likeness (QED) is 0.799. The van der Waals surface area contributed by atoms with E-state index in [9.17, 15) is 4.79 Å². The average Bonchev–Trinajstić information content (AvgIpc) is 3.23. The number of nitrogens with zero attached hydrogens (tertiary/aromatic N) is 1. The lowest BCUT2D eigenvalue weighted by Gasteiger charge is -2.03. The zero-order valence-electron chi connectivity index (χ0n) is 11.6. The molecule has 5 nitrogen and oxygen atoms in total. The molecule has 0 aliphatic heterocycles. The highest BCUT2D eigenvalue weighted by atomic mass is 16.4. The lowest BCUT2D eigenvalue weighted by molar-refractivity contribution is 0.0948. The molecule has 2 heterocycles. The summed E-state index contributed by atoms with van der Waals surface area (Å²) in [5.41, 5.74) is 0.891. The number of benzene rings is 1. The Hall–Kier alpha value is -3.26. The van der Waals surface area contributed by atoms with Crippen LogP contribution in [0.15, 0.2) is 63.6 Å². The van der Waals surface area contributed by atoms with E-state index in [-0.39, 0.29) is 12.5 Å². The highest BCUT2D eigenvalue weighted by Gasteiger charge is 2.10. The smallest absolute Gasteiger partial charge is 0.251 e. The minimum Gasteiger partial charge on any atom is -0.461 e. The van der Waals surface area contributed by atoms with Crippen LogP contribution in [-0.2, 0) is 6.54 Å². The fraction of sp³-hybridized carbons (Fsp3) is 0.0588. The zero-order chi connectivity index (χ0) is 15.4. The van der Waals surface area contributed by atoms with Crippen LogP contribution in [-0.4, -0.2) is 5.91 Å². The Labute approximate surface area is 126 Å². The van der Waals surface area contributed by atoms with Crippen LogP contribution in [0.5, 0.6) is 0 Å². The summed E-state index contributed by atoms with van der Waals surface area (Å²) in [5.74, 6) is 1.62. The molecule has 0 aliphatic carbocycles. The molecule has 0 spiro atoms. The molecule has 5 heteroatoms. The fourth-order valence-electron chi connectivity index (χ4n) is 2.02.